The van der Waals surface area contributed by atoms with Gasteiger partial charge in [0.25, 0.3) is 8.32 Å². The maximum absolute atomic E-state index is 13.5. The molecule has 0 saturated carbocycles. The van der Waals surface area contributed by atoms with E-state index in [0.29, 0.717) is 4.90 Å². The van der Waals surface area contributed by atoms with E-state index in [2.05, 4.69) is 45.0 Å². The molecule has 0 unspecified atom stereocenters. The van der Waals surface area contributed by atoms with Crippen LogP contribution in [0.25, 0.3) is 0 Å². The molecule has 8 nitrogen and oxygen atoms in total. The number of benzene rings is 3. The number of esters is 1. The maximum Gasteiger partial charge on any atom is 0.420 e. The monoisotopic (exact) mass is 659 g/mol. The van der Waals surface area contributed by atoms with Crippen molar-refractivity contribution >= 4 is 36.8 Å². The highest BCUT2D eigenvalue weighted by Gasteiger charge is 2.51. The number of imide groups is 1. The summed E-state index contributed by atoms with van der Waals surface area (Å²) < 4.78 is 23.3. The Labute approximate surface area is 280 Å². The summed E-state index contributed by atoms with van der Waals surface area (Å²) >= 11 is 0. The molecule has 0 aromatic heterocycles. The van der Waals surface area contributed by atoms with Crippen LogP contribution in [0.4, 0.5) is 9.59 Å². The SMILES string of the molecule is COC(=O)[C@H](C/C(C)=C/[C@@H](C)O[Si](c1ccccc1)(c1ccccc1)C(C)(C)C)N(C(=O)OCc1ccccc1)C(=O)OC(C)(C)C. The van der Waals surface area contributed by atoms with Crippen molar-refractivity contribution in [1.82, 2.24) is 4.90 Å². The first-order valence-corrected chi connectivity index (χ1v) is 17.8. The Morgan fingerprint density at radius 3 is 1.72 bits per heavy atom. The third-order valence-electron chi connectivity index (χ3n) is 7.59. The molecule has 3 aromatic carbocycles. The van der Waals surface area contributed by atoms with Crippen molar-refractivity contribution in [3.05, 3.63) is 108 Å². The fourth-order valence-electron chi connectivity index (χ4n) is 5.62. The summed E-state index contributed by atoms with van der Waals surface area (Å²) in [5, 5.41) is 2.04. The topological polar surface area (TPSA) is 91.4 Å². The molecule has 0 aliphatic heterocycles. The molecular weight excluding hydrogens is 611 g/mol. The van der Waals surface area contributed by atoms with Crippen LogP contribution in [0.1, 0.15) is 67.4 Å². The Bertz CT molecular complexity index is 1460. The van der Waals surface area contributed by atoms with Crippen LogP contribution in [0, 0.1) is 0 Å². The molecule has 47 heavy (non-hydrogen) atoms. The minimum Gasteiger partial charge on any atom is -0.467 e. The number of carbonyl (C=O) groups is 3. The van der Waals surface area contributed by atoms with Gasteiger partial charge in [-0.25, -0.2) is 14.4 Å². The zero-order valence-electron chi connectivity index (χ0n) is 29.1. The maximum atomic E-state index is 13.5. The van der Waals surface area contributed by atoms with Gasteiger partial charge in [0.2, 0.25) is 0 Å². The second-order valence-electron chi connectivity index (χ2n) is 13.6. The first-order valence-electron chi connectivity index (χ1n) is 15.9. The first-order chi connectivity index (χ1) is 22.1. The second kappa shape index (κ2) is 16.1. The quantitative estimate of drug-likeness (QED) is 0.0917. The van der Waals surface area contributed by atoms with E-state index in [0.717, 1.165) is 21.5 Å². The number of amides is 2. The molecule has 0 saturated heterocycles. The molecule has 0 radical (unpaired) electrons. The average Bonchev–Trinajstić information content (AvgIpc) is 3.01. The lowest BCUT2D eigenvalue weighted by Crippen LogP contribution is -2.67. The van der Waals surface area contributed by atoms with E-state index < -0.39 is 38.1 Å². The molecule has 0 aliphatic carbocycles. The molecule has 0 bridgehead atoms. The van der Waals surface area contributed by atoms with Gasteiger partial charge in [0.15, 0.2) is 0 Å². The number of hydrogen-bond donors (Lipinski definition) is 0. The van der Waals surface area contributed by atoms with Gasteiger partial charge in [0.1, 0.15) is 18.2 Å². The Morgan fingerprint density at radius 1 is 0.787 bits per heavy atom. The molecule has 252 valence electrons. The van der Waals surface area contributed by atoms with Crippen LogP contribution in [0.5, 0.6) is 0 Å². The Kier molecular flexibility index (Phi) is 12.7. The summed E-state index contributed by atoms with van der Waals surface area (Å²) in [5.74, 6) is -0.777. The van der Waals surface area contributed by atoms with E-state index in [4.69, 9.17) is 18.6 Å². The molecular formula is C38H49NO7Si. The molecule has 3 rings (SSSR count). The molecule has 3 aromatic rings. The van der Waals surface area contributed by atoms with E-state index in [1.54, 1.807) is 32.9 Å². The van der Waals surface area contributed by atoms with E-state index in [-0.39, 0.29) is 24.2 Å². The minimum absolute atomic E-state index is 0.0131. The predicted molar refractivity (Wildman–Crippen MR) is 187 cm³/mol. The van der Waals surface area contributed by atoms with Crippen LogP contribution in [-0.2, 0) is 30.0 Å². The first kappa shape index (κ1) is 37.2. The number of carbonyl (C=O) groups excluding carboxylic acids is 3. The van der Waals surface area contributed by atoms with Gasteiger partial charge in [-0.3, -0.25) is 0 Å². The summed E-state index contributed by atoms with van der Waals surface area (Å²) in [6.45, 7) is 15.4. The average molecular weight is 660 g/mol. The number of methoxy groups -OCH3 is 1. The van der Waals surface area contributed by atoms with Gasteiger partial charge in [0.05, 0.1) is 13.2 Å². The molecule has 2 atom stereocenters. The highest BCUT2D eigenvalue weighted by atomic mass is 28.4. The van der Waals surface area contributed by atoms with E-state index in [9.17, 15) is 14.4 Å². The smallest absolute Gasteiger partial charge is 0.420 e. The van der Waals surface area contributed by atoms with Crippen LogP contribution < -0.4 is 10.4 Å². The summed E-state index contributed by atoms with van der Waals surface area (Å²) in [5.41, 5.74) is 0.513. The number of hydrogen-bond acceptors (Lipinski definition) is 7. The largest absolute Gasteiger partial charge is 0.467 e. The van der Waals surface area contributed by atoms with Gasteiger partial charge >= 0.3 is 18.2 Å². The van der Waals surface area contributed by atoms with Gasteiger partial charge in [-0.05, 0) is 55.6 Å². The van der Waals surface area contributed by atoms with Crippen molar-refractivity contribution < 1.29 is 33.0 Å². The highest BCUT2D eigenvalue weighted by molar-refractivity contribution is 6.99. The van der Waals surface area contributed by atoms with Crippen LogP contribution >= 0.6 is 0 Å². The molecule has 0 spiro atoms. The second-order valence-corrected chi connectivity index (χ2v) is 17.9. The van der Waals surface area contributed by atoms with Crippen molar-refractivity contribution in [1.29, 1.82) is 0 Å². The van der Waals surface area contributed by atoms with Crippen LogP contribution in [0.15, 0.2) is 103 Å². The Balaban J connectivity index is 1.98. The van der Waals surface area contributed by atoms with E-state index >= 15 is 0 Å². The van der Waals surface area contributed by atoms with Crippen molar-refractivity contribution in [2.75, 3.05) is 7.11 Å². The predicted octanol–water partition coefficient (Wildman–Crippen LogP) is 7.40. The fraction of sp³-hybridized carbons (Fsp3) is 0.395. The summed E-state index contributed by atoms with van der Waals surface area (Å²) in [6.07, 6.45) is -0.489. The lowest BCUT2D eigenvalue weighted by Gasteiger charge is -2.44. The standard InChI is InChI=1S/C38H49NO7Si/c1-28(25-29(2)46-47(38(6,7)8,31-21-15-11-16-22-31)32-23-17-12-18-24-32)26-33(34(40)43-9)39(36(42)45-37(3,4)5)35(41)44-27-30-19-13-10-14-20-30/h10-25,29,33H,26-27H2,1-9H3/b28-25+/t29-,33+/m1/s1. The summed E-state index contributed by atoms with van der Waals surface area (Å²) in [6, 6.07) is 28.4. The summed E-state index contributed by atoms with van der Waals surface area (Å²) in [7, 11) is -1.66. The number of rotatable bonds is 11. The van der Waals surface area contributed by atoms with Crippen molar-refractivity contribution in [3.63, 3.8) is 0 Å². The molecule has 0 aliphatic rings. The van der Waals surface area contributed by atoms with Gasteiger partial charge in [-0.15, -0.1) is 0 Å². The van der Waals surface area contributed by atoms with Crippen LogP contribution in [0.3, 0.4) is 0 Å². The lowest BCUT2D eigenvalue weighted by atomic mass is 10.0. The highest BCUT2D eigenvalue weighted by Crippen LogP contribution is 2.37. The zero-order valence-corrected chi connectivity index (χ0v) is 30.1. The zero-order chi connectivity index (χ0) is 34.8. The molecule has 0 heterocycles. The molecule has 0 N–H and O–H groups in total. The van der Waals surface area contributed by atoms with Crippen molar-refractivity contribution in [3.8, 4) is 0 Å². The van der Waals surface area contributed by atoms with E-state index in [1.807, 2.05) is 74.5 Å². The van der Waals surface area contributed by atoms with E-state index in [1.165, 1.54) is 7.11 Å². The van der Waals surface area contributed by atoms with Gasteiger partial charge in [-0.1, -0.05) is 123 Å². The van der Waals surface area contributed by atoms with Crippen molar-refractivity contribution in [2.24, 2.45) is 0 Å². The molecule has 9 heteroatoms. The molecule has 2 amide bonds. The van der Waals surface area contributed by atoms with Gasteiger partial charge in [-0.2, -0.15) is 4.90 Å². The lowest BCUT2D eigenvalue weighted by molar-refractivity contribution is -0.146. The third-order valence-corrected chi connectivity index (χ3v) is 12.7. The fourth-order valence-corrected chi connectivity index (χ4v) is 10.3. The Morgan fingerprint density at radius 2 is 1.28 bits per heavy atom. The molecule has 0 fully saturated rings. The third kappa shape index (κ3) is 9.89. The van der Waals surface area contributed by atoms with Crippen LogP contribution in [0.2, 0.25) is 5.04 Å². The minimum atomic E-state index is -2.87. The number of nitrogens with zero attached hydrogens (tertiary/aromatic N) is 1. The van der Waals surface area contributed by atoms with Crippen molar-refractivity contribution in [2.45, 2.75) is 91.2 Å². The van der Waals surface area contributed by atoms with Gasteiger partial charge < -0.3 is 18.6 Å². The Hall–Kier alpha value is -4.21. The normalized spacial score (nSPS) is 13.7. The summed E-state index contributed by atoms with van der Waals surface area (Å²) in [4.78, 5) is 40.9. The number of ether oxygens (including phenoxy) is 3. The van der Waals surface area contributed by atoms with Crippen LogP contribution in [-0.4, -0.2) is 56.2 Å². The van der Waals surface area contributed by atoms with Gasteiger partial charge in [0, 0.05) is 6.42 Å².